The van der Waals surface area contributed by atoms with Gasteiger partial charge in [-0.05, 0) is 56.3 Å². The van der Waals surface area contributed by atoms with Crippen LogP contribution in [0.1, 0.15) is 21.7 Å². The van der Waals surface area contributed by atoms with E-state index in [0.29, 0.717) is 15.7 Å². The Balaban J connectivity index is 1.38. The monoisotopic (exact) mass is 439 g/mol. The van der Waals surface area contributed by atoms with Gasteiger partial charge in [0.25, 0.3) is 0 Å². The molecular formula is C23H26FN5OS. The van der Waals surface area contributed by atoms with Crippen LogP contribution in [0, 0.1) is 5.82 Å². The molecule has 0 atom stereocenters. The van der Waals surface area contributed by atoms with Gasteiger partial charge in [0.1, 0.15) is 5.69 Å². The molecule has 0 aliphatic carbocycles. The predicted molar refractivity (Wildman–Crippen MR) is 123 cm³/mol. The van der Waals surface area contributed by atoms with Crippen molar-refractivity contribution in [1.29, 1.82) is 0 Å². The fraction of sp³-hybridized carbons (Fsp3) is 0.348. The van der Waals surface area contributed by atoms with E-state index in [4.69, 9.17) is 0 Å². The third-order valence-corrected chi connectivity index (χ3v) is 6.46. The number of aryl methyl sites for hydroxylation is 1. The standard InChI is InChI=1S/C23H26FN5OS/c1-28-10-12-29(13-11-28)9-3-5-17-4-2-6-18(14-17)26-23-25-15-20(24)22(27-23)21-8-7-19(16-30)31-21/h2,4,6-8,14-16H,3,5,9-13H2,1H3,(H,25,26,27). The number of rotatable bonds is 8. The molecule has 1 aliphatic rings. The van der Waals surface area contributed by atoms with E-state index in [1.54, 1.807) is 12.1 Å². The maximum atomic E-state index is 14.2. The molecule has 0 spiro atoms. The number of hydrogen-bond acceptors (Lipinski definition) is 7. The molecule has 2 aromatic heterocycles. The van der Waals surface area contributed by atoms with Crippen LogP contribution in [0.2, 0.25) is 0 Å². The number of piperazine rings is 1. The molecule has 0 bridgehead atoms. The van der Waals surface area contributed by atoms with Gasteiger partial charge in [0, 0.05) is 31.9 Å². The summed E-state index contributed by atoms with van der Waals surface area (Å²) in [6.07, 6.45) is 4.02. The van der Waals surface area contributed by atoms with E-state index in [9.17, 15) is 9.18 Å². The van der Waals surface area contributed by atoms with Crippen molar-refractivity contribution in [2.24, 2.45) is 0 Å². The largest absolute Gasteiger partial charge is 0.324 e. The maximum Gasteiger partial charge on any atom is 0.227 e. The smallest absolute Gasteiger partial charge is 0.227 e. The minimum atomic E-state index is -0.512. The topological polar surface area (TPSA) is 61.4 Å². The van der Waals surface area contributed by atoms with Gasteiger partial charge in [0.2, 0.25) is 5.95 Å². The second-order valence-electron chi connectivity index (χ2n) is 7.78. The molecule has 1 fully saturated rings. The molecule has 0 unspecified atom stereocenters. The number of halogens is 1. The van der Waals surface area contributed by atoms with Gasteiger partial charge >= 0.3 is 0 Å². The molecule has 4 rings (SSSR count). The quantitative estimate of drug-likeness (QED) is 0.534. The van der Waals surface area contributed by atoms with Gasteiger partial charge in [0.05, 0.1) is 16.0 Å². The SMILES string of the molecule is CN1CCN(CCCc2cccc(Nc3ncc(F)c(-c4ccc(C=O)s4)n3)c2)CC1. The molecule has 1 aromatic carbocycles. The lowest BCUT2D eigenvalue weighted by Gasteiger charge is -2.32. The minimum absolute atomic E-state index is 0.193. The van der Waals surface area contributed by atoms with Crippen molar-refractivity contribution in [2.45, 2.75) is 12.8 Å². The summed E-state index contributed by atoms with van der Waals surface area (Å²) in [6.45, 7) is 5.67. The highest BCUT2D eigenvalue weighted by atomic mass is 32.1. The Morgan fingerprint density at radius 3 is 2.81 bits per heavy atom. The van der Waals surface area contributed by atoms with Crippen molar-refractivity contribution in [2.75, 3.05) is 45.1 Å². The number of nitrogens with one attached hydrogen (secondary N) is 1. The first-order valence-corrected chi connectivity index (χ1v) is 11.3. The average Bonchev–Trinajstić information content (AvgIpc) is 3.26. The summed E-state index contributed by atoms with van der Waals surface area (Å²) in [7, 11) is 2.17. The van der Waals surface area contributed by atoms with Gasteiger partial charge in [-0.25, -0.2) is 14.4 Å². The zero-order valence-electron chi connectivity index (χ0n) is 17.6. The summed E-state index contributed by atoms with van der Waals surface area (Å²) >= 11 is 1.21. The van der Waals surface area contributed by atoms with Crippen LogP contribution in [0.5, 0.6) is 0 Å². The van der Waals surface area contributed by atoms with Crippen LogP contribution in [0.3, 0.4) is 0 Å². The third kappa shape index (κ3) is 5.72. The first-order chi connectivity index (χ1) is 15.1. The number of aromatic nitrogens is 2. The Morgan fingerprint density at radius 1 is 1.19 bits per heavy atom. The van der Waals surface area contributed by atoms with Gasteiger partial charge in [0.15, 0.2) is 12.1 Å². The molecule has 6 nitrogen and oxygen atoms in total. The number of anilines is 2. The fourth-order valence-corrected chi connectivity index (χ4v) is 4.47. The lowest BCUT2D eigenvalue weighted by Crippen LogP contribution is -2.44. The van der Waals surface area contributed by atoms with E-state index in [1.165, 1.54) is 16.9 Å². The molecule has 0 radical (unpaired) electrons. The number of likely N-dealkylation sites (N-methyl/N-ethyl adjacent to an activating group) is 1. The molecule has 0 amide bonds. The Kier molecular flexibility index (Phi) is 7.01. The molecule has 31 heavy (non-hydrogen) atoms. The number of carbonyl (C=O) groups excluding carboxylic acids is 1. The summed E-state index contributed by atoms with van der Waals surface area (Å²) < 4.78 is 14.2. The second kappa shape index (κ2) is 10.1. The van der Waals surface area contributed by atoms with Gasteiger partial charge < -0.3 is 15.1 Å². The fourth-order valence-electron chi connectivity index (χ4n) is 3.66. The average molecular weight is 440 g/mol. The Hall–Kier alpha value is -2.68. The number of carbonyl (C=O) groups is 1. The normalized spacial score (nSPS) is 15.2. The summed E-state index contributed by atoms with van der Waals surface area (Å²) in [5.41, 5.74) is 2.31. The minimum Gasteiger partial charge on any atom is -0.324 e. The number of aldehydes is 1. The third-order valence-electron chi connectivity index (χ3n) is 5.44. The lowest BCUT2D eigenvalue weighted by atomic mass is 10.1. The molecule has 1 saturated heterocycles. The highest BCUT2D eigenvalue weighted by Gasteiger charge is 2.14. The van der Waals surface area contributed by atoms with Crippen molar-refractivity contribution >= 4 is 29.3 Å². The molecule has 3 heterocycles. The van der Waals surface area contributed by atoms with E-state index in [0.717, 1.165) is 63.7 Å². The molecule has 8 heteroatoms. The molecule has 3 aromatic rings. The first kappa shape index (κ1) is 21.5. The van der Waals surface area contributed by atoms with E-state index < -0.39 is 5.82 Å². The van der Waals surface area contributed by atoms with Crippen LogP contribution in [0.15, 0.2) is 42.6 Å². The van der Waals surface area contributed by atoms with Crippen LogP contribution in [-0.2, 0) is 6.42 Å². The Morgan fingerprint density at radius 2 is 2.03 bits per heavy atom. The zero-order chi connectivity index (χ0) is 21.6. The molecule has 0 saturated carbocycles. The number of benzene rings is 1. The van der Waals surface area contributed by atoms with E-state index in [1.807, 2.05) is 12.1 Å². The number of thiophene rings is 1. The van der Waals surface area contributed by atoms with Crippen molar-refractivity contribution in [3.63, 3.8) is 0 Å². The summed E-state index contributed by atoms with van der Waals surface area (Å²) in [5.74, 6) is -0.186. The van der Waals surface area contributed by atoms with Crippen molar-refractivity contribution in [3.05, 3.63) is 58.9 Å². The summed E-state index contributed by atoms with van der Waals surface area (Å²) in [5, 5.41) is 3.18. The van der Waals surface area contributed by atoms with Gasteiger partial charge in [-0.2, -0.15) is 0 Å². The summed E-state index contributed by atoms with van der Waals surface area (Å²) in [4.78, 5) is 25.4. The van der Waals surface area contributed by atoms with Crippen molar-refractivity contribution < 1.29 is 9.18 Å². The summed E-state index contributed by atoms with van der Waals surface area (Å²) in [6, 6.07) is 11.5. The van der Waals surface area contributed by atoms with Crippen LogP contribution < -0.4 is 5.32 Å². The van der Waals surface area contributed by atoms with E-state index >= 15 is 0 Å². The van der Waals surface area contributed by atoms with Gasteiger partial charge in [-0.15, -0.1) is 11.3 Å². The first-order valence-electron chi connectivity index (χ1n) is 10.5. The predicted octanol–water partition coefficient (Wildman–Crippen LogP) is 4.08. The van der Waals surface area contributed by atoms with Gasteiger partial charge in [-0.3, -0.25) is 4.79 Å². The number of hydrogen-bond donors (Lipinski definition) is 1. The Labute approximate surface area is 185 Å². The van der Waals surface area contributed by atoms with Crippen LogP contribution in [-0.4, -0.2) is 65.8 Å². The van der Waals surface area contributed by atoms with Crippen LogP contribution in [0.25, 0.3) is 10.6 Å². The van der Waals surface area contributed by atoms with E-state index in [2.05, 4.69) is 44.3 Å². The molecule has 162 valence electrons. The van der Waals surface area contributed by atoms with Crippen molar-refractivity contribution in [3.8, 4) is 10.6 Å². The second-order valence-corrected chi connectivity index (χ2v) is 8.90. The number of nitrogens with zero attached hydrogens (tertiary/aromatic N) is 4. The van der Waals surface area contributed by atoms with Gasteiger partial charge in [-0.1, -0.05) is 12.1 Å². The maximum absolute atomic E-state index is 14.2. The highest BCUT2D eigenvalue weighted by molar-refractivity contribution is 7.17. The van der Waals surface area contributed by atoms with Crippen LogP contribution in [0.4, 0.5) is 16.0 Å². The van der Waals surface area contributed by atoms with Crippen LogP contribution >= 0.6 is 11.3 Å². The molecular weight excluding hydrogens is 413 g/mol. The highest BCUT2D eigenvalue weighted by Crippen LogP contribution is 2.29. The van der Waals surface area contributed by atoms with E-state index in [-0.39, 0.29) is 5.69 Å². The zero-order valence-corrected chi connectivity index (χ0v) is 18.4. The van der Waals surface area contributed by atoms with Crippen molar-refractivity contribution in [1.82, 2.24) is 19.8 Å². The lowest BCUT2D eigenvalue weighted by molar-refractivity contribution is 0.112. The Bertz CT molecular complexity index is 1030. The molecule has 1 N–H and O–H groups in total. The molecule has 1 aliphatic heterocycles.